The fraction of sp³-hybridized carbons (Fsp3) is 0.231. The van der Waals surface area contributed by atoms with E-state index in [1.807, 2.05) is 5.38 Å². The topological polar surface area (TPSA) is 92.2 Å². The summed E-state index contributed by atoms with van der Waals surface area (Å²) >= 11 is 1.44. The third kappa shape index (κ3) is 2.27. The Bertz CT molecular complexity index is 710. The van der Waals surface area contributed by atoms with Crippen LogP contribution in [0, 0.1) is 5.92 Å². The lowest BCUT2D eigenvalue weighted by Crippen LogP contribution is -2.33. The number of rotatable bonds is 3. The van der Waals surface area contributed by atoms with Crippen LogP contribution in [0.3, 0.4) is 0 Å². The highest BCUT2D eigenvalue weighted by atomic mass is 32.1. The van der Waals surface area contributed by atoms with Gasteiger partial charge in [-0.15, -0.1) is 11.3 Å². The standard InChI is InChI=1S/C13H11N3O3S/c17-11(16-8-2-1-7(5-8)13(18)19)10-9-3-4-20-12(9)15-6-14-10/h1-4,6-8H,5H2,(H,16,17)(H,18,19). The molecule has 1 aliphatic carbocycles. The van der Waals surface area contributed by atoms with Crippen molar-refractivity contribution in [2.45, 2.75) is 12.5 Å². The summed E-state index contributed by atoms with van der Waals surface area (Å²) in [4.78, 5) is 31.9. The molecular weight excluding hydrogens is 278 g/mol. The smallest absolute Gasteiger partial charge is 0.310 e. The molecule has 0 aliphatic heterocycles. The van der Waals surface area contributed by atoms with Crippen LogP contribution in [0.1, 0.15) is 16.9 Å². The van der Waals surface area contributed by atoms with Crippen LogP contribution in [-0.4, -0.2) is 33.0 Å². The molecule has 0 spiro atoms. The molecule has 2 atom stereocenters. The number of carboxylic acids is 1. The molecule has 1 amide bonds. The largest absolute Gasteiger partial charge is 0.481 e. The number of hydrogen-bond donors (Lipinski definition) is 2. The molecule has 2 aromatic rings. The lowest BCUT2D eigenvalue weighted by atomic mass is 10.1. The van der Waals surface area contributed by atoms with Gasteiger partial charge in [-0.2, -0.15) is 0 Å². The van der Waals surface area contributed by atoms with Crippen LogP contribution >= 0.6 is 11.3 Å². The van der Waals surface area contributed by atoms with Crippen LogP contribution in [0.25, 0.3) is 10.2 Å². The first-order valence-corrected chi connectivity index (χ1v) is 6.93. The van der Waals surface area contributed by atoms with Gasteiger partial charge in [-0.1, -0.05) is 12.2 Å². The molecule has 102 valence electrons. The summed E-state index contributed by atoms with van der Waals surface area (Å²) in [7, 11) is 0. The molecule has 2 aromatic heterocycles. The van der Waals surface area contributed by atoms with E-state index in [9.17, 15) is 9.59 Å². The van der Waals surface area contributed by atoms with Crippen molar-refractivity contribution in [3.63, 3.8) is 0 Å². The summed E-state index contributed by atoms with van der Waals surface area (Å²) < 4.78 is 0. The Labute approximate surface area is 118 Å². The van der Waals surface area contributed by atoms with E-state index in [0.29, 0.717) is 17.5 Å². The van der Waals surface area contributed by atoms with Gasteiger partial charge in [0.1, 0.15) is 16.9 Å². The molecule has 3 rings (SSSR count). The van der Waals surface area contributed by atoms with Crippen LogP contribution in [0.15, 0.2) is 29.9 Å². The quantitative estimate of drug-likeness (QED) is 0.834. The summed E-state index contributed by atoms with van der Waals surface area (Å²) in [5.74, 6) is -1.72. The predicted octanol–water partition coefficient (Wildman–Crippen LogP) is 1.45. The Morgan fingerprint density at radius 2 is 2.20 bits per heavy atom. The van der Waals surface area contributed by atoms with Crippen LogP contribution in [0.2, 0.25) is 0 Å². The Morgan fingerprint density at radius 1 is 1.35 bits per heavy atom. The molecule has 2 unspecified atom stereocenters. The molecule has 1 aliphatic rings. The van der Waals surface area contributed by atoms with Gasteiger partial charge in [0, 0.05) is 11.4 Å². The maximum atomic E-state index is 12.2. The van der Waals surface area contributed by atoms with E-state index in [1.54, 1.807) is 18.2 Å². The average Bonchev–Trinajstić information content (AvgIpc) is 3.05. The number of amides is 1. The number of nitrogens with zero attached hydrogens (tertiary/aromatic N) is 2. The second-order valence-electron chi connectivity index (χ2n) is 4.51. The minimum atomic E-state index is -0.875. The van der Waals surface area contributed by atoms with E-state index >= 15 is 0 Å². The first-order chi connectivity index (χ1) is 9.65. The van der Waals surface area contributed by atoms with E-state index < -0.39 is 11.9 Å². The van der Waals surface area contributed by atoms with Gasteiger partial charge in [0.25, 0.3) is 5.91 Å². The van der Waals surface area contributed by atoms with E-state index in [-0.39, 0.29) is 11.9 Å². The Balaban J connectivity index is 1.76. The minimum Gasteiger partial charge on any atom is -0.481 e. The van der Waals surface area contributed by atoms with Gasteiger partial charge in [0.15, 0.2) is 0 Å². The number of carbonyl (C=O) groups is 2. The Morgan fingerprint density at radius 3 is 2.95 bits per heavy atom. The van der Waals surface area contributed by atoms with Crippen LogP contribution in [0.4, 0.5) is 0 Å². The fourth-order valence-electron chi connectivity index (χ4n) is 2.20. The number of carbonyl (C=O) groups excluding carboxylic acids is 1. The van der Waals surface area contributed by atoms with Gasteiger partial charge in [0.05, 0.1) is 5.92 Å². The number of carboxylic acid groups (broad SMARTS) is 1. The van der Waals surface area contributed by atoms with Gasteiger partial charge < -0.3 is 10.4 Å². The second-order valence-corrected chi connectivity index (χ2v) is 5.40. The average molecular weight is 289 g/mol. The first kappa shape index (κ1) is 12.7. The molecule has 0 saturated heterocycles. The summed E-state index contributed by atoms with van der Waals surface area (Å²) in [6, 6.07) is 1.53. The minimum absolute atomic E-state index is 0.271. The highest BCUT2D eigenvalue weighted by Crippen LogP contribution is 2.22. The lowest BCUT2D eigenvalue weighted by molar-refractivity contribution is -0.140. The summed E-state index contributed by atoms with van der Waals surface area (Å²) in [6.07, 6.45) is 5.05. The number of nitrogens with one attached hydrogen (secondary N) is 1. The maximum absolute atomic E-state index is 12.2. The van der Waals surface area contributed by atoms with Gasteiger partial charge >= 0.3 is 5.97 Å². The first-order valence-electron chi connectivity index (χ1n) is 6.05. The maximum Gasteiger partial charge on any atom is 0.310 e. The molecule has 7 heteroatoms. The van der Waals surface area contributed by atoms with Gasteiger partial charge in [-0.25, -0.2) is 9.97 Å². The molecule has 6 nitrogen and oxygen atoms in total. The molecule has 0 aromatic carbocycles. The van der Waals surface area contributed by atoms with Crippen LogP contribution in [0.5, 0.6) is 0 Å². The predicted molar refractivity (Wildman–Crippen MR) is 73.6 cm³/mol. The number of aromatic nitrogens is 2. The normalized spacial score (nSPS) is 21.2. The summed E-state index contributed by atoms with van der Waals surface area (Å²) in [6.45, 7) is 0. The third-order valence-corrected chi connectivity index (χ3v) is 4.01. The van der Waals surface area contributed by atoms with Gasteiger partial charge in [-0.05, 0) is 17.9 Å². The molecule has 0 bridgehead atoms. The SMILES string of the molecule is O=C(NC1C=CC(C(=O)O)C1)c1ncnc2sccc12. The molecule has 2 N–H and O–H groups in total. The van der Waals surface area contributed by atoms with Gasteiger partial charge in [-0.3, -0.25) is 9.59 Å². The van der Waals surface area contributed by atoms with Gasteiger partial charge in [0.2, 0.25) is 0 Å². The van der Waals surface area contributed by atoms with Crippen molar-refractivity contribution < 1.29 is 14.7 Å². The third-order valence-electron chi connectivity index (χ3n) is 3.19. The van der Waals surface area contributed by atoms with Crippen molar-refractivity contribution in [1.29, 1.82) is 0 Å². The van der Waals surface area contributed by atoms with Crippen molar-refractivity contribution >= 4 is 33.4 Å². The van der Waals surface area contributed by atoms with Crippen molar-refractivity contribution in [3.05, 3.63) is 35.6 Å². The summed E-state index contributed by atoms with van der Waals surface area (Å²) in [5, 5.41) is 14.3. The highest BCUT2D eigenvalue weighted by molar-refractivity contribution is 7.16. The van der Waals surface area contributed by atoms with E-state index in [1.165, 1.54) is 17.7 Å². The zero-order valence-electron chi connectivity index (χ0n) is 10.3. The van der Waals surface area contributed by atoms with Crippen molar-refractivity contribution in [3.8, 4) is 0 Å². The Hall–Kier alpha value is -2.28. The van der Waals surface area contributed by atoms with E-state index in [0.717, 1.165) is 4.83 Å². The van der Waals surface area contributed by atoms with E-state index in [2.05, 4.69) is 15.3 Å². The monoisotopic (exact) mass is 289 g/mol. The molecule has 2 heterocycles. The number of hydrogen-bond acceptors (Lipinski definition) is 5. The lowest BCUT2D eigenvalue weighted by Gasteiger charge is -2.11. The molecule has 20 heavy (non-hydrogen) atoms. The molecular formula is C13H11N3O3S. The zero-order valence-corrected chi connectivity index (χ0v) is 11.1. The van der Waals surface area contributed by atoms with Crippen LogP contribution in [-0.2, 0) is 4.79 Å². The molecule has 0 fully saturated rings. The molecule has 0 saturated carbocycles. The Kier molecular flexibility index (Phi) is 3.19. The highest BCUT2D eigenvalue weighted by Gasteiger charge is 2.26. The van der Waals surface area contributed by atoms with Crippen LogP contribution < -0.4 is 5.32 Å². The second kappa shape index (κ2) is 5.01. The van der Waals surface area contributed by atoms with Crippen molar-refractivity contribution in [2.75, 3.05) is 0 Å². The zero-order chi connectivity index (χ0) is 14.1. The number of fused-ring (bicyclic) bond motifs is 1. The number of aliphatic carboxylic acids is 1. The fourth-order valence-corrected chi connectivity index (χ4v) is 2.93. The summed E-state index contributed by atoms with van der Waals surface area (Å²) in [5.41, 5.74) is 0.323. The number of thiophene rings is 1. The van der Waals surface area contributed by atoms with Crippen molar-refractivity contribution in [2.24, 2.45) is 5.92 Å². The van der Waals surface area contributed by atoms with E-state index in [4.69, 9.17) is 5.11 Å². The van der Waals surface area contributed by atoms with Crippen molar-refractivity contribution in [1.82, 2.24) is 15.3 Å². The molecule has 0 radical (unpaired) electrons.